The zero-order valence-electron chi connectivity index (χ0n) is 14.5. The number of aryl methyl sites for hydroxylation is 1. The Morgan fingerprint density at radius 3 is 2.41 bits per heavy atom. The van der Waals surface area contributed by atoms with Crippen LogP contribution in [0.1, 0.15) is 17.2 Å². The lowest BCUT2D eigenvalue weighted by Gasteiger charge is -2.22. The third-order valence-electron chi connectivity index (χ3n) is 5.27. The molecule has 2 fully saturated rings. The first-order chi connectivity index (χ1) is 12.9. The van der Waals surface area contributed by atoms with E-state index in [0.29, 0.717) is 11.3 Å². The van der Waals surface area contributed by atoms with Crippen LogP contribution >= 0.6 is 0 Å². The molecule has 2 aliphatic heterocycles. The largest absolute Gasteiger partial charge is 0.508 e. The number of fused-ring (bicyclic) bond motifs is 1. The van der Waals surface area contributed by atoms with Crippen LogP contribution in [0.15, 0.2) is 48.5 Å². The van der Waals surface area contributed by atoms with Crippen LogP contribution in [0, 0.1) is 18.8 Å². The van der Waals surface area contributed by atoms with E-state index >= 15 is 0 Å². The van der Waals surface area contributed by atoms with E-state index < -0.39 is 41.7 Å². The highest BCUT2D eigenvalue weighted by atomic mass is 16.4. The van der Waals surface area contributed by atoms with Crippen molar-refractivity contribution in [1.82, 2.24) is 5.32 Å². The molecule has 0 aromatic heterocycles. The maximum absolute atomic E-state index is 13.2. The highest BCUT2D eigenvalue weighted by Crippen LogP contribution is 2.46. The average Bonchev–Trinajstić information content (AvgIpc) is 3.13. The van der Waals surface area contributed by atoms with Gasteiger partial charge in [0.15, 0.2) is 0 Å². The molecule has 0 bridgehead atoms. The number of benzene rings is 2. The second kappa shape index (κ2) is 6.21. The maximum atomic E-state index is 13.2. The number of nitrogens with one attached hydrogen (secondary N) is 1. The summed E-state index contributed by atoms with van der Waals surface area (Å²) in [5.74, 6) is -4.16. The van der Waals surface area contributed by atoms with E-state index in [0.717, 1.165) is 10.5 Å². The number of aliphatic carboxylic acids is 1. The normalized spacial score (nSPS) is 27.1. The quantitative estimate of drug-likeness (QED) is 0.713. The van der Waals surface area contributed by atoms with E-state index in [9.17, 15) is 24.6 Å². The molecule has 2 heterocycles. The number of nitrogens with zero attached hydrogens (tertiary/aromatic N) is 1. The summed E-state index contributed by atoms with van der Waals surface area (Å²) in [6, 6.07) is 11.4. The number of para-hydroxylation sites is 1. The van der Waals surface area contributed by atoms with Crippen molar-refractivity contribution >= 4 is 23.5 Å². The second-order valence-corrected chi connectivity index (χ2v) is 6.92. The van der Waals surface area contributed by atoms with Gasteiger partial charge in [0.25, 0.3) is 0 Å². The highest BCUT2D eigenvalue weighted by molar-refractivity contribution is 6.23. The van der Waals surface area contributed by atoms with Gasteiger partial charge in [-0.15, -0.1) is 0 Å². The molecule has 2 amide bonds. The fraction of sp³-hybridized carbons (Fsp3) is 0.250. The lowest BCUT2D eigenvalue weighted by atomic mass is 9.86. The summed E-state index contributed by atoms with van der Waals surface area (Å²) in [5, 5.41) is 22.6. The number of amides is 2. The van der Waals surface area contributed by atoms with Crippen molar-refractivity contribution in [3.63, 3.8) is 0 Å². The van der Waals surface area contributed by atoms with Gasteiger partial charge in [-0.05, 0) is 30.7 Å². The third-order valence-corrected chi connectivity index (χ3v) is 5.27. The van der Waals surface area contributed by atoms with E-state index in [1.54, 1.807) is 36.4 Å². The Kier molecular flexibility index (Phi) is 3.96. The minimum absolute atomic E-state index is 0.0472. The number of carboxylic acids is 1. The molecule has 2 saturated heterocycles. The number of hydrogen-bond donors (Lipinski definition) is 3. The Bertz CT molecular complexity index is 957. The average molecular weight is 366 g/mol. The van der Waals surface area contributed by atoms with Crippen LogP contribution in [0.5, 0.6) is 5.75 Å². The summed E-state index contributed by atoms with van der Waals surface area (Å²) in [6.45, 7) is 1.85. The molecule has 4 rings (SSSR count). The monoisotopic (exact) mass is 366 g/mol. The van der Waals surface area contributed by atoms with Crippen LogP contribution < -0.4 is 10.2 Å². The second-order valence-electron chi connectivity index (χ2n) is 6.92. The third kappa shape index (κ3) is 2.59. The number of carbonyl (C=O) groups is 3. The summed E-state index contributed by atoms with van der Waals surface area (Å²) < 4.78 is 0. The molecule has 3 N–H and O–H groups in total. The van der Waals surface area contributed by atoms with E-state index in [-0.39, 0.29) is 5.75 Å². The number of rotatable bonds is 3. The van der Waals surface area contributed by atoms with Gasteiger partial charge in [-0.25, -0.2) is 4.90 Å². The predicted molar refractivity (Wildman–Crippen MR) is 96.1 cm³/mol. The molecular weight excluding hydrogens is 348 g/mol. The Balaban J connectivity index is 1.80. The van der Waals surface area contributed by atoms with Crippen molar-refractivity contribution < 1.29 is 24.6 Å². The van der Waals surface area contributed by atoms with Crippen molar-refractivity contribution in [1.29, 1.82) is 0 Å². The van der Waals surface area contributed by atoms with Gasteiger partial charge in [-0.3, -0.25) is 19.7 Å². The van der Waals surface area contributed by atoms with Crippen LogP contribution in [0.3, 0.4) is 0 Å². The zero-order valence-corrected chi connectivity index (χ0v) is 14.5. The molecule has 27 heavy (non-hydrogen) atoms. The smallest absolute Gasteiger partial charge is 0.321 e. The highest BCUT2D eigenvalue weighted by Gasteiger charge is 2.61. The Labute approximate surface area is 155 Å². The maximum Gasteiger partial charge on any atom is 0.321 e. The van der Waals surface area contributed by atoms with Crippen LogP contribution in [0.4, 0.5) is 5.69 Å². The fourth-order valence-corrected chi connectivity index (χ4v) is 4.09. The molecule has 0 radical (unpaired) electrons. The van der Waals surface area contributed by atoms with Gasteiger partial charge in [0.1, 0.15) is 11.8 Å². The van der Waals surface area contributed by atoms with Gasteiger partial charge in [0.2, 0.25) is 11.8 Å². The summed E-state index contributed by atoms with van der Waals surface area (Å²) >= 11 is 0. The lowest BCUT2D eigenvalue weighted by Crippen LogP contribution is -2.43. The van der Waals surface area contributed by atoms with Gasteiger partial charge in [-0.2, -0.15) is 0 Å². The van der Waals surface area contributed by atoms with Crippen LogP contribution in [0.25, 0.3) is 0 Å². The molecule has 0 unspecified atom stereocenters. The van der Waals surface area contributed by atoms with Crippen LogP contribution in [-0.4, -0.2) is 34.0 Å². The number of anilines is 1. The number of phenols is 1. The Morgan fingerprint density at radius 1 is 1.04 bits per heavy atom. The Morgan fingerprint density at radius 2 is 1.74 bits per heavy atom. The van der Waals surface area contributed by atoms with Crippen LogP contribution in [-0.2, 0) is 14.4 Å². The SMILES string of the molecule is Cc1cccc(N2C(=O)[C@H]3[C@H](C2=O)[C@H](C(=O)O)N[C@@H]3c2ccccc2O)c1. The molecule has 2 aliphatic rings. The van der Waals surface area contributed by atoms with Crippen molar-refractivity contribution in [2.24, 2.45) is 11.8 Å². The van der Waals surface area contributed by atoms with Gasteiger partial charge < -0.3 is 10.2 Å². The summed E-state index contributed by atoms with van der Waals surface area (Å²) in [5.41, 5.74) is 1.72. The molecule has 0 aliphatic carbocycles. The minimum Gasteiger partial charge on any atom is -0.508 e. The molecule has 138 valence electrons. The predicted octanol–water partition coefficient (Wildman–Crippen LogP) is 1.60. The summed E-state index contributed by atoms with van der Waals surface area (Å²) in [7, 11) is 0. The molecule has 4 atom stereocenters. The van der Waals surface area contributed by atoms with E-state index in [2.05, 4.69) is 5.32 Å². The van der Waals surface area contributed by atoms with E-state index in [4.69, 9.17) is 0 Å². The first-order valence-electron chi connectivity index (χ1n) is 8.61. The van der Waals surface area contributed by atoms with Crippen LogP contribution in [0.2, 0.25) is 0 Å². The number of aromatic hydroxyl groups is 1. The molecule has 2 aromatic carbocycles. The molecule has 7 nitrogen and oxygen atoms in total. The molecule has 7 heteroatoms. The number of carbonyl (C=O) groups excluding carboxylic acids is 2. The van der Waals surface area contributed by atoms with E-state index in [1.165, 1.54) is 6.07 Å². The summed E-state index contributed by atoms with van der Waals surface area (Å²) in [6.07, 6.45) is 0. The number of hydrogen-bond acceptors (Lipinski definition) is 5. The van der Waals surface area contributed by atoms with Gasteiger partial charge >= 0.3 is 5.97 Å². The van der Waals surface area contributed by atoms with E-state index in [1.807, 2.05) is 13.0 Å². The standard InChI is InChI=1S/C20H18N2O5/c1-10-5-4-6-11(9-10)22-18(24)14-15(19(22)25)17(20(26)27)21-16(14)12-7-2-3-8-13(12)23/h2-9,14-17,21,23H,1H3,(H,26,27)/t14-,15-,16+,17+/m0/s1. The van der Waals surface area contributed by atoms with Gasteiger partial charge in [0, 0.05) is 11.6 Å². The molecule has 0 saturated carbocycles. The minimum atomic E-state index is -1.20. The molecular formula is C20H18N2O5. The molecule has 2 aromatic rings. The van der Waals surface area contributed by atoms with Crippen molar-refractivity contribution in [3.8, 4) is 5.75 Å². The van der Waals surface area contributed by atoms with Crippen molar-refractivity contribution in [2.75, 3.05) is 4.90 Å². The Hall–Kier alpha value is -3.19. The first-order valence-corrected chi connectivity index (χ1v) is 8.61. The first kappa shape index (κ1) is 17.2. The molecule has 0 spiro atoms. The number of imide groups is 1. The zero-order chi connectivity index (χ0) is 19.3. The van der Waals surface area contributed by atoms with Crippen molar-refractivity contribution in [2.45, 2.75) is 19.0 Å². The number of phenolic OH excluding ortho intramolecular Hbond substituents is 1. The lowest BCUT2D eigenvalue weighted by molar-refractivity contribution is -0.142. The topological polar surface area (TPSA) is 107 Å². The van der Waals surface area contributed by atoms with Gasteiger partial charge in [-0.1, -0.05) is 30.3 Å². The fourth-order valence-electron chi connectivity index (χ4n) is 4.09. The van der Waals surface area contributed by atoms with Gasteiger partial charge in [0.05, 0.1) is 17.5 Å². The summed E-state index contributed by atoms with van der Waals surface area (Å²) in [4.78, 5) is 39.0. The van der Waals surface area contributed by atoms with Crippen molar-refractivity contribution in [3.05, 3.63) is 59.7 Å². The number of carboxylic acid groups (broad SMARTS) is 1.